The number of ether oxygens (including phenoxy) is 1. The highest BCUT2D eigenvalue weighted by molar-refractivity contribution is 5.51. The zero-order chi connectivity index (χ0) is 16.8. The number of aryl methyl sites for hydroxylation is 1. The van der Waals surface area contributed by atoms with E-state index in [9.17, 15) is 8.78 Å². The molecule has 0 unspecified atom stereocenters. The van der Waals surface area contributed by atoms with Gasteiger partial charge in [0.1, 0.15) is 17.3 Å². The lowest BCUT2D eigenvalue weighted by Gasteiger charge is -2.37. The Bertz CT molecular complexity index is 473. The van der Waals surface area contributed by atoms with Crippen molar-refractivity contribution in [1.29, 1.82) is 0 Å². The molecule has 0 saturated carbocycles. The third kappa shape index (κ3) is 5.17. The molecule has 1 aliphatic rings. The minimum absolute atomic E-state index is 0.0178. The molecule has 130 valence electrons. The fourth-order valence-electron chi connectivity index (χ4n) is 3.36. The first-order valence-electron chi connectivity index (χ1n) is 8.89. The molecule has 1 aromatic carbocycles. The minimum Gasteiger partial charge on any atom is -0.372 e. The van der Waals surface area contributed by atoms with Crippen molar-refractivity contribution < 1.29 is 13.5 Å². The Labute approximate surface area is 138 Å². The second-order valence-corrected chi connectivity index (χ2v) is 6.73. The van der Waals surface area contributed by atoms with Crippen LogP contribution in [0.25, 0.3) is 0 Å². The zero-order valence-electron chi connectivity index (χ0n) is 14.6. The van der Waals surface area contributed by atoms with Gasteiger partial charge in [-0.1, -0.05) is 32.6 Å². The lowest BCUT2D eigenvalue weighted by atomic mass is 10.0. The van der Waals surface area contributed by atoms with Crippen LogP contribution in [0.4, 0.5) is 14.5 Å². The van der Waals surface area contributed by atoms with E-state index in [2.05, 4.69) is 6.92 Å². The second-order valence-electron chi connectivity index (χ2n) is 6.73. The summed E-state index contributed by atoms with van der Waals surface area (Å²) in [6.07, 6.45) is 6.45. The number of halogens is 2. The summed E-state index contributed by atoms with van der Waals surface area (Å²) in [5, 5.41) is 0. The molecular weight excluding hydrogens is 296 g/mol. The smallest absolute Gasteiger partial charge is 0.149 e. The average Bonchev–Trinajstić information content (AvgIpc) is 2.45. The fourth-order valence-corrected chi connectivity index (χ4v) is 3.36. The van der Waals surface area contributed by atoms with Crippen LogP contribution < -0.4 is 4.90 Å². The topological polar surface area (TPSA) is 12.5 Å². The van der Waals surface area contributed by atoms with E-state index in [0.29, 0.717) is 13.1 Å². The van der Waals surface area contributed by atoms with Crippen molar-refractivity contribution in [3.05, 3.63) is 29.3 Å². The predicted molar refractivity (Wildman–Crippen MR) is 91.0 cm³/mol. The fraction of sp³-hybridized carbons (Fsp3) is 0.684. The van der Waals surface area contributed by atoms with E-state index < -0.39 is 11.6 Å². The maximum atomic E-state index is 14.5. The van der Waals surface area contributed by atoms with E-state index in [4.69, 9.17) is 4.74 Å². The van der Waals surface area contributed by atoms with Gasteiger partial charge in [-0.3, -0.25) is 0 Å². The number of benzene rings is 1. The molecule has 1 aliphatic heterocycles. The second kappa shape index (κ2) is 8.62. The first kappa shape index (κ1) is 18.2. The highest BCUT2D eigenvalue weighted by Crippen LogP contribution is 2.28. The summed E-state index contributed by atoms with van der Waals surface area (Å²) in [5.41, 5.74) is 0.858. The minimum atomic E-state index is -0.449. The van der Waals surface area contributed by atoms with Gasteiger partial charge < -0.3 is 9.64 Å². The van der Waals surface area contributed by atoms with Crippen LogP contribution in [0.2, 0.25) is 0 Å². The molecule has 1 saturated heterocycles. The van der Waals surface area contributed by atoms with Crippen LogP contribution in [0.15, 0.2) is 12.1 Å². The molecule has 2 rings (SSSR count). The van der Waals surface area contributed by atoms with Gasteiger partial charge in [-0.25, -0.2) is 8.78 Å². The molecule has 0 bridgehead atoms. The number of morpholine rings is 1. The van der Waals surface area contributed by atoms with Crippen LogP contribution >= 0.6 is 0 Å². The van der Waals surface area contributed by atoms with Gasteiger partial charge in [0, 0.05) is 13.1 Å². The van der Waals surface area contributed by atoms with Crippen LogP contribution in [0.5, 0.6) is 0 Å². The monoisotopic (exact) mass is 325 g/mol. The van der Waals surface area contributed by atoms with Gasteiger partial charge in [-0.15, -0.1) is 0 Å². The third-order valence-corrected chi connectivity index (χ3v) is 4.38. The van der Waals surface area contributed by atoms with E-state index >= 15 is 0 Å². The Morgan fingerprint density at radius 1 is 1.00 bits per heavy atom. The Morgan fingerprint density at radius 2 is 1.57 bits per heavy atom. The zero-order valence-corrected chi connectivity index (χ0v) is 14.6. The molecule has 23 heavy (non-hydrogen) atoms. The van der Waals surface area contributed by atoms with Gasteiger partial charge >= 0.3 is 0 Å². The summed E-state index contributed by atoms with van der Waals surface area (Å²) < 4.78 is 34.6. The Morgan fingerprint density at radius 3 is 2.13 bits per heavy atom. The first-order valence-corrected chi connectivity index (χ1v) is 8.89. The van der Waals surface area contributed by atoms with Gasteiger partial charge in [0.15, 0.2) is 0 Å². The quantitative estimate of drug-likeness (QED) is 0.647. The van der Waals surface area contributed by atoms with Gasteiger partial charge in [0.2, 0.25) is 0 Å². The van der Waals surface area contributed by atoms with Crippen molar-refractivity contribution in [1.82, 2.24) is 0 Å². The maximum Gasteiger partial charge on any atom is 0.149 e. The summed E-state index contributed by atoms with van der Waals surface area (Å²) in [6.45, 7) is 7.09. The molecule has 2 nitrogen and oxygen atoms in total. The lowest BCUT2D eigenvalue weighted by molar-refractivity contribution is -0.00558. The lowest BCUT2D eigenvalue weighted by Crippen LogP contribution is -2.46. The van der Waals surface area contributed by atoms with Crippen LogP contribution in [0, 0.1) is 11.6 Å². The number of rotatable bonds is 7. The largest absolute Gasteiger partial charge is 0.372 e. The molecule has 1 aromatic rings. The molecule has 0 aliphatic carbocycles. The Kier molecular flexibility index (Phi) is 6.82. The van der Waals surface area contributed by atoms with Crippen molar-refractivity contribution in [3.63, 3.8) is 0 Å². The average molecular weight is 325 g/mol. The van der Waals surface area contributed by atoms with Crippen LogP contribution in [0.1, 0.15) is 58.4 Å². The first-order chi connectivity index (χ1) is 11.0. The van der Waals surface area contributed by atoms with Crippen molar-refractivity contribution in [2.45, 2.75) is 71.5 Å². The number of hydrogen-bond acceptors (Lipinski definition) is 2. The molecule has 4 heteroatoms. The van der Waals surface area contributed by atoms with Crippen molar-refractivity contribution in [2.24, 2.45) is 0 Å². The number of nitrogens with zero attached hydrogens (tertiary/aromatic N) is 1. The van der Waals surface area contributed by atoms with E-state index in [-0.39, 0.29) is 17.9 Å². The molecule has 0 spiro atoms. The van der Waals surface area contributed by atoms with Gasteiger partial charge in [0.25, 0.3) is 0 Å². The van der Waals surface area contributed by atoms with E-state index in [1.165, 1.54) is 31.4 Å². The maximum absolute atomic E-state index is 14.5. The van der Waals surface area contributed by atoms with Crippen LogP contribution in [-0.4, -0.2) is 25.3 Å². The van der Waals surface area contributed by atoms with Crippen LogP contribution in [0.3, 0.4) is 0 Å². The normalized spacial score (nSPS) is 21.7. The summed E-state index contributed by atoms with van der Waals surface area (Å²) in [5.74, 6) is -0.898. The summed E-state index contributed by atoms with van der Waals surface area (Å²) in [7, 11) is 0. The molecule has 1 heterocycles. The summed E-state index contributed by atoms with van der Waals surface area (Å²) in [6, 6.07) is 3.01. The van der Waals surface area contributed by atoms with Crippen molar-refractivity contribution in [3.8, 4) is 0 Å². The van der Waals surface area contributed by atoms with E-state index in [0.717, 1.165) is 24.8 Å². The molecule has 0 N–H and O–H groups in total. The van der Waals surface area contributed by atoms with E-state index in [1.54, 1.807) is 4.90 Å². The number of hydrogen-bond donors (Lipinski definition) is 0. The summed E-state index contributed by atoms with van der Waals surface area (Å²) in [4.78, 5) is 1.77. The van der Waals surface area contributed by atoms with Gasteiger partial charge in [-0.05, 0) is 44.4 Å². The Hall–Kier alpha value is -1.16. The third-order valence-electron chi connectivity index (χ3n) is 4.38. The van der Waals surface area contributed by atoms with Crippen LogP contribution in [-0.2, 0) is 11.2 Å². The molecule has 1 fully saturated rings. The Balaban J connectivity index is 2.02. The van der Waals surface area contributed by atoms with Crippen molar-refractivity contribution in [2.75, 3.05) is 18.0 Å². The number of unbranched alkanes of at least 4 members (excludes halogenated alkanes) is 4. The molecule has 0 amide bonds. The van der Waals surface area contributed by atoms with E-state index in [1.807, 2.05) is 13.8 Å². The summed E-state index contributed by atoms with van der Waals surface area (Å²) >= 11 is 0. The SMILES string of the molecule is CCCCCCCc1cc(F)c(N2C[C@@H](C)O[C@@H](C)C2)c(F)c1. The highest BCUT2D eigenvalue weighted by Gasteiger charge is 2.26. The van der Waals surface area contributed by atoms with Gasteiger partial charge in [0.05, 0.1) is 12.2 Å². The molecule has 0 aromatic heterocycles. The molecular formula is C19H29F2NO. The van der Waals surface area contributed by atoms with Crippen molar-refractivity contribution >= 4 is 5.69 Å². The number of anilines is 1. The van der Waals surface area contributed by atoms with Gasteiger partial charge in [-0.2, -0.15) is 0 Å². The molecule has 0 radical (unpaired) electrons. The molecule has 2 atom stereocenters. The predicted octanol–water partition coefficient (Wildman–Crippen LogP) is 5.09. The standard InChI is InChI=1S/C19H29F2NO/c1-4-5-6-7-8-9-16-10-17(20)19(18(21)11-16)22-12-14(2)23-15(3)13-22/h10-11,14-15H,4-9,12-13H2,1-3H3/t14-,15+. The highest BCUT2D eigenvalue weighted by atomic mass is 19.1.